The molecule has 0 aromatic carbocycles. The maximum atomic E-state index is 12.9. The van der Waals surface area contributed by atoms with Crippen LogP contribution < -0.4 is 15.8 Å². The van der Waals surface area contributed by atoms with E-state index in [1.165, 1.54) is 7.11 Å². The van der Waals surface area contributed by atoms with Gasteiger partial charge in [0.2, 0.25) is 11.9 Å². The molecule has 10 nitrogen and oxygen atoms in total. The number of aromatic amines is 1. The molecule has 1 aliphatic heterocycles. The van der Waals surface area contributed by atoms with Gasteiger partial charge >= 0.3 is 12.4 Å². The van der Waals surface area contributed by atoms with Crippen molar-refractivity contribution in [1.29, 1.82) is 0 Å². The predicted molar refractivity (Wildman–Crippen MR) is 113 cm³/mol. The molecule has 3 heterocycles. The van der Waals surface area contributed by atoms with Gasteiger partial charge in [0.25, 0.3) is 5.56 Å². The van der Waals surface area contributed by atoms with E-state index in [2.05, 4.69) is 20.4 Å². The summed E-state index contributed by atoms with van der Waals surface area (Å²) in [6, 6.07) is 0.0851. The molecule has 1 saturated heterocycles. The minimum absolute atomic E-state index is 0.0277. The molecular formula is C20H23F6N7O3. The SMILES string of the molecule is COC[C@H](CC(=O)N1CCN(c2ncc(C(F)(F)F)cn2)CC1)NCc1cc(C(F)(F)F)c(=O)[nH]n1. The van der Waals surface area contributed by atoms with Crippen LogP contribution in [0.15, 0.2) is 23.3 Å². The Bertz CT molecular complexity index is 1080. The number of nitrogens with one attached hydrogen (secondary N) is 2. The summed E-state index contributed by atoms with van der Waals surface area (Å²) in [5.41, 5.74) is -3.75. The number of nitrogens with zero attached hydrogens (tertiary/aromatic N) is 5. The fraction of sp³-hybridized carbons (Fsp3) is 0.550. The van der Waals surface area contributed by atoms with Crippen LogP contribution in [-0.4, -0.2) is 76.9 Å². The van der Waals surface area contributed by atoms with E-state index in [1.807, 2.05) is 5.10 Å². The second kappa shape index (κ2) is 11.2. The lowest BCUT2D eigenvalue weighted by Crippen LogP contribution is -2.50. The van der Waals surface area contributed by atoms with Crippen molar-refractivity contribution in [2.24, 2.45) is 0 Å². The van der Waals surface area contributed by atoms with Crippen molar-refractivity contribution in [3.63, 3.8) is 0 Å². The average Bonchev–Trinajstić information content (AvgIpc) is 2.82. The first kappa shape index (κ1) is 27.3. The first-order valence-corrected chi connectivity index (χ1v) is 10.7. The molecule has 0 bridgehead atoms. The normalized spacial score (nSPS) is 15.8. The average molecular weight is 523 g/mol. The first-order valence-electron chi connectivity index (χ1n) is 10.7. The highest BCUT2D eigenvalue weighted by atomic mass is 19.4. The van der Waals surface area contributed by atoms with Gasteiger partial charge in [0.15, 0.2) is 0 Å². The molecule has 0 spiro atoms. The fourth-order valence-corrected chi connectivity index (χ4v) is 3.52. The molecule has 1 atom stereocenters. The Balaban J connectivity index is 1.54. The van der Waals surface area contributed by atoms with E-state index in [0.717, 1.165) is 0 Å². The van der Waals surface area contributed by atoms with Crippen LogP contribution in [0.3, 0.4) is 0 Å². The molecule has 1 fully saturated rings. The highest BCUT2D eigenvalue weighted by molar-refractivity contribution is 5.77. The molecule has 2 aromatic rings. The number of hydrogen-bond acceptors (Lipinski definition) is 8. The molecule has 2 aromatic heterocycles. The Labute approximate surface area is 200 Å². The van der Waals surface area contributed by atoms with Crippen molar-refractivity contribution >= 4 is 11.9 Å². The van der Waals surface area contributed by atoms with E-state index in [0.29, 0.717) is 31.5 Å². The molecule has 36 heavy (non-hydrogen) atoms. The number of aromatic nitrogens is 4. The quantitative estimate of drug-likeness (QED) is 0.500. The second-order valence-corrected chi connectivity index (χ2v) is 7.97. The Hall–Kier alpha value is -3.27. The lowest BCUT2D eigenvalue weighted by atomic mass is 10.1. The number of hydrogen-bond donors (Lipinski definition) is 2. The lowest BCUT2D eigenvalue weighted by Gasteiger charge is -2.35. The highest BCUT2D eigenvalue weighted by Crippen LogP contribution is 2.28. The van der Waals surface area contributed by atoms with Crippen LogP contribution in [0.1, 0.15) is 23.2 Å². The van der Waals surface area contributed by atoms with Gasteiger partial charge in [-0.15, -0.1) is 0 Å². The number of carbonyl (C=O) groups is 1. The summed E-state index contributed by atoms with van der Waals surface area (Å²) in [4.78, 5) is 34.9. The number of carbonyl (C=O) groups excluding carboxylic acids is 1. The summed E-state index contributed by atoms with van der Waals surface area (Å²) in [6.45, 7) is 1.10. The van der Waals surface area contributed by atoms with Gasteiger partial charge in [-0.25, -0.2) is 15.1 Å². The Morgan fingerprint density at radius 3 is 2.31 bits per heavy atom. The molecule has 0 aliphatic carbocycles. The van der Waals surface area contributed by atoms with E-state index < -0.39 is 35.1 Å². The third-order valence-corrected chi connectivity index (χ3v) is 5.40. The van der Waals surface area contributed by atoms with Gasteiger partial charge in [-0.2, -0.15) is 31.4 Å². The van der Waals surface area contributed by atoms with Gasteiger partial charge < -0.3 is 19.9 Å². The van der Waals surface area contributed by atoms with E-state index in [-0.39, 0.29) is 50.2 Å². The molecule has 3 rings (SSSR count). The van der Waals surface area contributed by atoms with E-state index in [9.17, 15) is 35.9 Å². The van der Waals surface area contributed by atoms with Crippen LogP contribution in [0.4, 0.5) is 32.3 Å². The summed E-state index contributed by atoms with van der Waals surface area (Å²) in [5, 5.41) is 8.31. The Morgan fingerprint density at radius 1 is 1.11 bits per heavy atom. The van der Waals surface area contributed by atoms with Gasteiger partial charge in [-0.1, -0.05) is 0 Å². The number of amides is 1. The molecule has 1 amide bonds. The summed E-state index contributed by atoms with van der Waals surface area (Å²) in [6.07, 6.45) is -7.99. The van der Waals surface area contributed by atoms with Crippen molar-refractivity contribution in [2.45, 2.75) is 31.4 Å². The second-order valence-electron chi connectivity index (χ2n) is 7.97. The molecule has 0 saturated carbocycles. The zero-order valence-electron chi connectivity index (χ0n) is 19.0. The van der Waals surface area contributed by atoms with Gasteiger partial charge in [-0.3, -0.25) is 9.59 Å². The summed E-state index contributed by atoms with van der Waals surface area (Å²) in [5.74, 6) is -0.122. The van der Waals surface area contributed by atoms with Crippen LogP contribution >= 0.6 is 0 Å². The van der Waals surface area contributed by atoms with Crippen LogP contribution in [0, 0.1) is 0 Å². The number of anilines is 1. The molecule has 0 unspecified atom stereocenters. The molecule has 1 aliphatic rings. The minimum atomic E-state index is -4.83. The highest BCUT2D eigenvalue weighted by Gasteiger charge is 2.35. The molecule has 16 heteroatoms. The van der Waals surface area contributed by atoms with Crippen LogP contribution in [0.2, 0.25) is 0 Å². The third kappa shape index (κ3) is 7.13. The van der Waals surface area contributed by atoms with E-state index >= 15 is 0 Å². The summed E-state index contributed by atoms with van der Waals surface area (Å²) in [7, 11) is 1.40. The van der Waals surface area contributed by atoms with Crippen LogP contribution in [0.5, 0.6) is 0 Å². The number of H-pyrrole nitrogens is 1. The smallest absolute Gasteiger partial charge is 0.383 e. The predicted octanol–water partition coefficient (Wildman–Crippen LogP) is 1.44. The molecule has 198 valence electrons. The maximum Gasteiger partial charge on any atom is 0.421 e. The molecule has 2 N–H and O–H groups in total. The monoisotopic (exact) mass is 523 g/mol. The number of alkyl halides is 6. The Morgan fingerprint density at radius 2 is 1.75 bits per heavy atom. The maximum absolute atomic E-state index is 12.9. The number of rotatable bonds is 8. The third-order valence-electron chi connectivity index (χ3n) is 5.40. The number of piperazine rings is 1. The topological polar surface area (TPSA) is 116 Å². The van der Waals surface area contributed by atoms with Crippen molar-refractivity contribution < 1.29 is 35.9 Å². The summed E-state index contributed by atoms with van der Waals surface area (Å²) >= 11 is 0. The van der Waals surface area contributed by atoms with E-state index in [1.54, 1.807) is 9.80 Å². The number of ether oxygens (including phenoxy) is 1. The fourth-order valence-electron chi connectivity index (χ4n) is 3.52. The van der Waals surface area contributed by atoms with Gasteiger partial charge in [0, 0.05) is 64.7 Å². The Kier molecular flexibility index (Phi) is 8.50. The van der Waals surface area contributed by atoms with Crippen LogP contribution in [0.25, 0.3) is 0 Å². The minimum Gasteiger partial charge on any atom is -0.383 e. The lowest BCUT2D eigenvalue weighted by molar-refractivity contribution is -0.139. The van der Waals surface area contributed by atoms with Crippen molar-refractivity contribution in [2.75, 3.05) is 44.8 Å². The molecule has 0 radical (unpaired) electrons. The van der Waals surface area contributed by atoms with Crippen LogP contribution in [-0.2, 0) is 28.4 Å². The zero-order valence-corrected chi connectivity index (χ0v) is 19.0. The molecular weight excluding hydrogens is 500 g/mol. The van der Waals surface area contributed by atoms with Gasteiger partial charge in [0.05, 0.1) is 17.9 Å². The number of halogens is 6. The van der Waals surface area contributed by atoms with Gasteiger partial charge in [-0.05, 0) is 6.07 Å². The standard InChI is InChI=1S/C20H23F6N7O3/c1-36-11-14(27-10-13-6-15(20(24,25)26)17(35)31-30-13)7-16(34)32-2-4-33(5-3-32)18-28-8-12(9-29-18)19(21,22)23/h6,8-9,14,27H,2-5,7,10-11H2,1H3,(H,31,35)/t14-/m0/s1. The zero-order chi connectivity index (χ0) is 26.5. The van der Waals surface area contributed by atoms with Crippen molar-refractivity contribution in [3.8, 4) is 0 Å². The summed E-state index contributed by atoms with van der Waals surface area (Å²) < 4.78 is 81.9. The first-order chi connectivity index (χ1) is 16.9. The van der Waals surface area contributed by atoms with Crippen molar-refractivity contribution in [3.05, 3.63) is 45.6 Å². The largest absolute Gasteiger partial charge is 0.421 e. The van der Waals surface area contributed by atoms with E-state index in [4.69, 9.17) is 4.74 Å². The van der Waals surface area contributed by atoms with Gasteiger partial charge in [0.1, 0.15) is 5.56 Å². The van der Waals surface area contributed by atoms with Crippen molar-refractivity contribution in [1.82, 2.24) is 30.4 Å². The number of methoxy groups -OCH3 is 1.